The van der Waals surface area contributed by atoms with Crippen LogP contribution in [-0.4, -0.2) is 49.6 Å². The van der Waals surface area contributed by atoms with Gasteiger partial charge in [-0.1, -0.05) is 6.42 Å². The van der Waals surface area contributed by atoms with Crippen molar-refractivity contribution < 1.29 is 24.2 Å². The van der Waals surface area contributed by atoms with E-state index in [0.717, 1.165) is 12.8 Å². The van der Waals surface area contributed by atoms with E-state index in [-0.39, 0.29) is 38.4 Å². The third kappa shape index (κ3) is 4.31. The third-order valence-corrected chi connectivity index (χ3v) is 3.79. The minimum atomic E-state index is -0.869. The van der Waals surface area contributed by atoms with E-state index in [1.165, 1.54) is 12.8 Å². The first-order chi connectivity index (χ1) is 9.66. The van der Waals surface area contributed by atoms with Crippen molar-refractivity contribution in [2.45, 2.75) is 37.8 Å². The number of carbonyl (C=O) groups is 1. The van der Waals surface area contributed by atoms with Crippen LogP contribution in [-0.2, 0) is 19.1 Å². The summed E-state index contributed by atoms with van der Waals surface area (Å²) >= 11 is 0. The maximum absolute atomic E-state index is 11.8. The normalized spacial score (nSPS) is 28.1. The molecule has 0 aromatic heterocycles. The predicted octanol–water partition coefficient (Wildman–Crippen LogP) is 0.285. The number of esters is 1. The van der Waals surface area contributed by atoms with Gasteiger partial charge in [-0.2, -0.15) is 0 Å². The van der Waals surface area contributed by atoms with Gasteiger partial charge in [0.15, 0.2) is 0 Å². The monoisotopic (exact) mass is 288 g/mol. The second-order valence-corrected chi connectivity index (χ2v) is 5.09. The molecule has 8 heteroatoms. The molecule has 3 atom stereocenters. The number of hydrogen-bond acceptors (Lipinski definition) is 7. The molecule has 1 saturated carbocycles. The van der Waals surface area contributed by atoms with E-state index in [1.807, 2.05) is 0 Å². The van der Waals surface area contributed by atoms with Crippen LogP contribution in [0, 0.1) is 16.0 Å². The molecule has 2 aliphatic rings. The number of nitrogens with one attached hydrogen (secondary N) is 1. The zero-order chi connectivity index (χ0) is 14.4. The van der Waals surface area contributed by atoms with E-state index in [1.54, 1.807) is 0 Å². The van der Waals surface area contributed by atoms with Crippen molar-refractivity contribution in [3.63, 3.8) is 0 Å². The first-order valence-corrected chi connectivity index (χ1v) is 6.94. The lowest BCUT2D eigenvalue weighted by atomic mass is 10.0. The smallest absolute Gasteiger partial charge is 0.323 e. The molecule has 0 spiro atoms. The number of ether oxygens (including phenoxy) is 2. The zero-order valence-electron chi connectivity index (χ0n) is 11.3. The SMILES string of the molecule is O=C(OCCOCCO[N+](=O)[O-])C1C[C@@H]2CCC[C@@H]2N1. The maximum Gasteiger partial charge on any atom is 0.323 e. The molecule has 0 amide bonds. The second kappa shape index (κ2) is 7.39. The Morgan fingerprint density at radius 3 is 2.80 bits per heavy atom. The largest absolute Gasteiger partial charge is 0.462 e. The van der Waals surface area contributed by atoms with E-state index in [9.17, 15) is 14.9 Å². The Kier molecular flexibility index (Phi) is 5.54. The van der Waals surface area contributed by atoms with Crippen molar-refractivity contribution >= 4 is 5.97 Å². The number of nitrogens with zero attached hydrogens (tertiary/aromatic N) is 1. The molecule has 2 rings (SSSR count). The summed E-state index contributed by atoms with van der Waals surface area (Å²) in [5, 5.41) is 12.3. The van der Waals surface area contributed by atoms with Crippen molar-refractivity contribution in [3.05, 3.63) is 10.1 Å². The fourth-order valence-electron chi connectivity index (χ4n) is 2.91. The summed E-state index contributed by atoms with van der Waals surface area (Å²) in [4.78, 5) is 25.7. The average molecular weight is 288 g/mol. The van der Waals surface area contributed by atoms with Gasteiger partial charge in [0, 0.05) is 6.04 Å². The fraction of sp³-hybridized carbons (Fsp3) is 0.917. The average Bonchev–Trinajstić information content (AvgIpc) is 2.97. The number of carbonyl (C=O) groups excluding carboxylic acids is 1. The quantitative estimate of drug-likeness (QED) is 0.296. The molecule has 2 fully saturated rings. The maximum atomic E-state index is 11.8. The first-order valence-electron chi connectivity index (χ1n) is 6.94. The lowest BCUT2D eigenvalue weighted by molar-refractivity contribution is -0.758. The molecular weight excluding hydrogens is 268 g/mol. The first kappa shape index (κ1) is 15.0. The second-order valence-electron chi connectivity index (χ2n) is 5.09. The van der Waals surface area contributed by atoms with Crippen LogP contribution in [0.25, 0.3) is 0 Å². The molecular formula is C12H20N2O6. The highest BCUT2D eigenvalue weighted by molar-refractivity contribution is 5.76. The van der Waals surface area contributed by atoms with E-state index in [4.69, 9.17) is 9.47 Å². The highest BCUT2D eigenvalue weighted by atomic mass is 17.0. The summed E-state index contributed by atoms with van der Waals surface area (Å²) in [6.45, 7) is 0.357. The van der Waals surface area contributed by atoms with Gasteiger partial charge in [0.2, 0.25) is 0 Å². The molecule has 1 aliphatic carbocycles. The number of fused-ring (bicyclic) bond motifs is 1. The molecule has 8 nitrogen and oxygen atoms in total. The molecule has 114 valence electrons. The Labute approximate surface area is 116 Å². The van der Waals surface area contributed by atoms with Crippen LogP contribution in [0.3, 0.4) is 0 Å². The molecule has 0 aromatic carbocycles. The van der Waals surface area contributed by atoms with Crippen LogP contribution in [0.5, 0.6) is 0 Å². The van der Waals surface area contributed by atoms with Crippen molar-refractivity contribution in [3.8, 4) is 0 Å². The standard InChI is InChI=1S/C12H20N2O6/c15-12(11-8-9-2-1-3-10(9)13-11)19-6-4-18-5-7-20-14(16)17/h9-11,13H,1-8H2/t9-,10-,11?/m0/s1. The summed E-state index contributed by atoms with van der Waals surface area (Å²) < 4.78 is 10.2. The summed E-state index contributed by atoms with van der Waals surface area (Å²) in [6.07, 6.45) is 4.44. The van der Waals surface area contributed by atoms with Crippen LogP contribution in [0.15, 0.2) is 0 Å². The number of hydrogen-bond donors (Lipinski definition) is 1. The molecule has 1 aliphatic heterocycles. The molecule has 0 aromatic rings. The minimum Gasteiger partial charge on any atom is -0.462 e. The Bertz CT molecular complexity index is 339. The Morgan fingerprint density at radius 2 is 2.05 bits per heavy atom. The van der Waals surface area contributed by atoms with Crippen LogP contribution < -0.4 is 5.32 Å². The van der Waals surface area contributed by atoms with Crippen LogP contribution in [0.4, 0.5) is 0 Å². The lowest BCUT2D eigenvalue weighted by Crippen LogP contribution is -2.37. The zero-order valence-corrected chi connectivity index (χ0v) is 11.3. The molecule has 0 radical (unpaired) electrons. The fourth-order valence-corrected chi connectivity index (χ4v) is 2.91. The van der Waals surface area contributed by atoms with Gasteiger partial charge in [0.05, 0.1) is 13.2 Å². The Balaban J connectivity index is 1.49. The van der Waals surface area contributed by atoms with E-state index in [0.29, 0.717) is 12.0 Å². The van der Waals surface area contributed by atoms with Crippen LogP contribution in [0.1, 0.15) is 25.7 Å². The van der Waals surface area contributed by atoms with Crippen molar-refractivity contribution in [1.82, 2.24) is 5.32 Å². The van der Waals surface area contributed by atoms with Gasteiger partial charge in [0.25, 0.3) is 5.09 Å². The summed E-state index contributed by atoms with van der Waals surface area (Å²) in [5.41, 5.74) is 0. The predicted molar refractivity (Wildman–Crippen MR) is 67.4 cm³/mol. The Hall–Kier alpha value is -1.41. The van der Waals surface area contributed by atoms with Gasteiger partial charge in [-0.3, -0.25) is 4.79 Å². The molecule has 1 heterocycles. The minimum absolute atomic E-state index is 0.102. The Morgan fingerprint density at radius 1 is 1.25 bits per heavy atom. The molecule has 1 N–H and O–H groups in total. The van der Waals surface area contributed by atoms with Gasteiger partial charge in [-0.15, -0.1) is 10.1 Å². The third-order valence-electron chi connectivity index (χ3n) is 3.79. The van der Waals surface area contributed by atoms with Crippen LogP contribution in [0.2, 0.25) is 0 Å². The molecule has 20 heavy (non-hydrogen) atoms. The number of rotatable bonds is 8. The van der Waals surface area contributed by atoms with Crippen molar-refractivity contribution in [2.24, 2.45) is 5.92 Å². The van der Waals surface area contributed by atoms with E-state index < -0.39 is 5.09 Å². The van der Waals surface area contributed by atoms with Crippen molar-refractivity contribution in [1.29, 1.82) is 0 Å². The van der Waals surface area contributed by atoms with Gasteiger partial charge < -0.3 is 19.6 Å². The highest BCUT2D eigenvalue weighted by Gasteiger charge is 2.40. The van der Waals surface area contributed by atoms with Crippen LogP contribution >= 0.6 is 0 Å². The molecule has 0 bridgehead atoms. The van der Waals surface area contributed by atoms with Crippen molar-refractivity contribution in [2.75, 3.05) is 26.4 Å². The van der Waals surface area contributed by atoms with Gasteiger partial charge >= 0.3 is 5.97 Å². The highest BCUT2D eigenvalue weighted by Crippen LogP contribution is 2.34. The van der Waals surface area contributed by atoms with E-state index >= 15 is 0 Å². The lowest BCUT2D eigenvalue weighted by Gasteiger charge is -2.12. The van der Waals surface area contributed by atoms with Gasteiger partial charge in [-0.25, -0.2) is 0 Å². The topological polar surface area (TPSA) is 99.9 Å². The summed E-state index contributed by atoms with van der Waals surface area (Å²) in [5.74, 6) is 0.382. The van der Waals surface area contributed by atoms with Gasteiger partial charge in [0.1, 0.15) is 19.3 Å². The molecule has 1 saturated heterocycles. The van der Waals surface area contributed by atoms with Gasteiger partial charge in [-0.05, 0) is 25.2 Å². The van der Waals surface area contributed by atoms with E-state index in [2.05, 4.69) is 10.2 Å². The molecule has 1 unspecified atom stereocenters. The summed E-state index contributed by atoms with van der Waals surface area (Å²) in [6, 6.07) is 0.284. The summed E-state index contributed by atoms with van der Waals surface area (Å²) in [7, 11) is 0.